The number of rotatable bonds is 5. The Hall–Kier alpha value is -2.30. The molecule has 3 rings (SSSR count). The second kappa shape index (κ2) is 7.94. The Balaban J connectivity index is 1.95. The number of aliphatic imine (C=N–C) groups is 1. The summed E-state index contributed by atoms with van der Waals surface area (Å²) in [7, 11) is 3.35. The van der Waals surface area contributed by atoms with Crippen molar-refractivity contribution in [3.05, 3.63) is 41.0 Å². The second-order valence-corrected chi connectivity index (χ2v) is 6.99. The molecule has 140 valence electrons. The van der Waals surface area contributed by atoms with Gasteiger partial charge in [-0.3, -0.25) is 4.99 Å². The monoisotopic (exact) mass is 355 g/mol. The molecule has 0 fully saturated rings. The maximum Gasteiger partial charge on any atom is 0.127 e. The highest BCUT2D eigenvalue weighted by Crippen LogP contribution is 2.28. The lowest BCUT2D eigenvalue weighted by Crippen LogP contribution is -2.07. The van der Waals surface area contributed by atoms with Crippen molar-refractivity contribution >= 4 is 5.71 Å². The number of hydrogen-bond acceptors (Lipinski definition) is 4. The highest BCUT2D eigenvalue weighted by Gasteiger charge is 2.24. The molecule has 0 spiro atoms. The van der Waals surface area contributed by atoms with E-state index < -0.39 is 0 Å². The van der Waals surface area contributed by atoms with Gasteiger partial charge < -0.3 is 14.0 Å². The first kappa shape index (κ1) is 18.5. The number of hydrogen-bond donors (Lipinski definition) is 0. The average Bonchev–Trinajstić information content (AvgIpc) is 2.89. The van der Waals surface area contributed by atoms with E-state index in [-0.39, 0.29) is 0 Å². The van der Waals surface area contributed by atoms with Crippen LogP contribution in [0.5, 0.6) is 11.5 Å². The molecule has 5 nitrogen and oxygen atoms in total. The number of nitrogens with zero attached hydrogens (tertiary/aromatic N) is 3. The number of methoxy groups -OCH3 is 2. The smallest absolute Gasteiger partial charge is 0.127 e. The topological polar surface area (TPSA) is 48.6 Å². The Morgan fingerprint density at radius 3 is 2.77 bits per heavy atom. The van der Waals surface area contributed by atoms with Gasteiger partial charge in [0.05, 0.1) is 26.5 Å². The van der Waals surface area contributed by atoms with Gasteiger partial charge in [0.15, 0.2) is 0 Å². The van der Waals surface area contributed by atoms with E-state index >= 15 is 0 Å². The van der Waals surface area contributed by atoms with Gasteiger partial charge in [0, 0.05) is 23.9 Å². The third-order valence-corrected chi connectivity index (χ3v) is 5.20. The summed E-state index contributed by atoms with van der Waals surface area (Å²) in [6.45, 7) is 8.13. The van der Waals surface area contributed by atoms with Gasteiger partial charge >= 0.3 is 0 Å². The number of aromatic nitrogens is 2. The number of imidazole rings is 1. The lowest BCUT2D eigenvalue weighted by molar-refractivity contribution is 0.391. The fourth-order valence-electron chi connectivity index (χ4n) is 3.73. The Labute approximate surface area is 156 Å². The third kappa shape index (κ3) is 3.62. The molecule has 1 aliphatic rings. The van der Waals surface area contributed by atoms with Crippen molar-refractivity contribution in [2.24, 2.45) is 10.9 Å². The molecule has 2 aromatic rings. The van der Waals surface area contributed by atoms with Crippen LogP contribution in [0.15, 0.2) is 23.2 Å². The first-order valence-corrected chi connectivity index (χ1v) is 9.37. The minimum atomic E-state index is 0.590. The zero-order chi connectivity index (χ0) is 18.7. The van der Waals surface area contributed by atoms with Crippen LogP contribution < -0.4 is 9.47 Å². The van der Waals surface area contributed by atoms with E-state index in [0.717, 1.165) is 53.7 Å². The molecule has 0 amide bonds. The van der Waals surface area contributed by atoms with Crippen molar-refractivity contribution in [3.8, 4) is 11.5 Å². The Morgan fingerprint density at radius 1 is 1.27 bits per heavy atom. The molecule has 5 heteroatoms. The fraction of sp³-hybridized carbons (Fsp3) is 0.524. The van der Waals surface area contributed by atoms with Crippen molar-refractivity contribution in [1.29, 1.82) is 0 Å². The maximum atomic E-state index is 5.51. The van der Waals surface area contributed by atoms with E-state index in [9.17, 15) is 0 Å². The van der Waals surface area contributed by atoms with Gasteiger partial charge in [0.1, 0.15) is 23.0 Å². The van der Waals surface area contributed by atoms with Crippen molar-refractivity contribution in [1.82, 2.24) is 9.55 Å². The Kier molecular flexibility index (Phi) is 5.64. The quantitative estimate of drug-likeness (QED) is 0.756. The van der Waals surface area contributed by atoms with Crippen LogP contribution in [-0.2, 0) is 19.5 Å². The lowest BCUT2D eigenvalue weighted by atomic mass is 10.0. The molecular weight excluding hydrogens is 326 g/mol. The molecule has 0 bridgehead atoms. The molecular formula is C21H29N3O2. The molecule has 1 aromatic carbocycles. The van der Waals surface area contributed by atoms with E-state index in [4.69, 9.17) is 19.5 Å². The summed E-state index contributed by atoms with van der Waals surface area (Å²) in [4.78, 5) is 9.84. The summed E-state index contributed by atoms with van der Waals surface area (Å²) in [5.41, 5.74) is 4.63. The Bertz CT molecular complexity index is 808. The van der Waals surface area contributed by atoms with E-state index in [1.54, 1.807) is 14.2 Å². The molecule has 0 aliphatic heterocycles. The van der Waals surface area contributed by atoms with Gasteiger partial charge in [-0.2, -0.15) is 0 Å². The van der Waals surface area contributed by atoms with Gasteiger partial charge in [-0.1, -0.05) is 6.92 Å². The van der Waals surface area contributed by atoms with Crippen molar-refractivity contribution in [2.75, 3.05) is 14.2 Å². The molecule has 1 aromatic heterocycles. The van der Waals surface area contributed by atoms with Crippen molar-refractivity contribution in [3.63, 3.8) is 0 Å². The number of ether oxygens (including phenoxy) is 2. The number of fused-ring (bicyclic) bond motifs is 1. The predicted octanol–water partition coefficient (Wildman–Crippen LogP) is 4.19. The van der Waals surface area contributed by atoms with Crippen LogP contribution in [0.4, 0.5) is 0 Å². The van der Waals surface area contributed by atoms with Gasteiger partial charge in [-0.15, -0.1) is 0 Å². The van der Waals surface area contributed by atoms with Crippen LogP contribution in [-0.4, -0.2) is 29.5 Å². The number of benzene rings is 1. The first-order chi connectivity index (χ1) is 12.6. The molecule has 1 unspecified atom stereocenters. The molecule has 26 heavy (non-hydrogen) atoms. The summed E-state index contributed by atoms with van der Waals surface area (Å²) < 4.78 is 13.1. The van der Waals surface area contributed by atoms with Crippen molar-refractivity contribution < 1.29 is 9.47 Å². The maximum absolute atomic E-state index is 5.51. The van der Waals surface area contributed by atoms with Crippen LogP contribution in [0.2, 0.25) is 0 Å². The van der Waals surface area contributed by atoms with Gasteiger partial charge in [0.2, 0.25) is 0 Å². The highest BCUT2D eigenvalue weighted by molar-refractivity contribution is 6.00. The van der Waals surface area contributed by atoms with Gasteiger partial charge in [-0.25, -0.2) is 4.98 Å². The second-order valence-electron chi connectivity index (χ2n) is 6.99. The normalized spacial score (nSPS) is 18.5. The molecule has 1 atom stereocenters. The summed E-state index contributed by atoms with van der Waals surface area (Å²) in [5, 5.41) is 0. The standard InChI is InChI=1S/C21H29N3O2/c1-6-24-15(3)23-21-18(11-14(2)7-10-19(21)24)22-13-16-8-9-17(25-4)12-20(16)26-5/h8-9,12,14H,6-7,10-11,13H2,1-5H3/b22-18+. The van der Waals surface area contributed by atoms with Crippen LogP contribution in [0.3, 0.4) is 0 Å². The van der Waals surface area contributed by atoms with Crippen molar-refractivity contribution in [2.45, 2.75) is 53.1 Å². The van der Waals surface area contributed by atoms with E-state index in [0.29, 0.717) is 12.5 Å². The largest absolute Gasteiger partial charge is 0.497 e. The van der Waals surface area contributed by atoms with Gasteiger partial charge in [-0.05, 0) is 51.2 Å². The first-order valence-electron chi connectivity index (χ1n) is 9.37. The summed E-state index contributed by atoms with van der Waals surface area (Å²) >= 11 is 0. The van der Waals surface area contributed by atoms with Gasteiger partial charge in [0.25, 0.3) is 0 Å². The molecule has 0 radical (unpaired) electrons. The highest BCUT2D eigenvalue weighted by atomic mass is 16.5. The average molecular weight is 355 g/mol. The summed E-state index contributed by atoms with van der Waals surface area (Å²) in [6.07, 6.45) is 3.24. The third-order valence-electron chi connectivity index (χ3n) is 5.20. The van der Waals surface area contributed by atoms with E-state index in [1.807, 2.05) is 18.2 Å². The SMILES string of the molecule is CCn1c(C)nc2c1CCC(C)C/C2=N\Cc1ccc(OC)cc1OC. The van der Waals surface area contributed by atoms with Crippen LogP contribution >= 0.6 is 0 Å². The summed E-state index contributed by atoms with van der Waals surface area (Å²) in [5.74, 6) is 3.31. The molecule has 1 heterocycles. The van der Waals surface area contributed by atoms with Crippen LogP contribution in [0, 0.1) is 12.8 Å². The van der Waals surface area contributed by atoms with E-state index in [1.165, 1.54) is 12.1 Å². The molecule has 0 saturated heterocycles. The number of aryl methyl sites for hydroxylation is 1. The van der Waals surface area contributed by atoms with Crippen LogP contribution in [0.25, 0.3) is 0 Å². The fourth-order valence-corrected chi connectivity index (χ4v) is 3.73. The van der Waals surface area contributed by atoms with E-state index in [2.05, 4.69) is 25.3 Å². The van der Waals surface area contributed by atoms with Crippen LogP contribution in [0.1, 0.15) is 49.5 Å². The minimum absolute atomic E-state index is 0.590. The molecule has 1 aliphatic carbocycles. The lowest BCUT2D eigenvalue weighted by Gasteiger charge is -2.11. The zero-order valence-electron chi connectivity index (χ0n) is 16.5. The zero-order valence-corrected chi connectivity index (χ0v) is 16.5. The predicted molar refractivity (Wildman–Crippen MR) is 105 cm³/mol. The molecule has 0 N–H and O–H groups in total. The minimum Gasteiger partial charge on any atom is -0.497 e. The summed E-state index contributed by atoms with van der Waals surface area (Å²) in [6, 6.07) is 5.89. The molecule has 0 saturated carbocycles. The Morgan fingerprint density at radius 2 is 2.08 bits per heavy atom.